The molecule has 0 saturated carbocycles. The molecule has 1 atom stereocenters. The van der Waals surface area contributed by atoms with Crippen LogP contribution in [0.25, 0.3) is 11.2 Å². The summed E-state index contributed by atoms with van der Waals surface area (Å²) in [6.07, 6.45) is 0.600. The molecule has 0 aliphatic rings. The summed E-state index contributed by atoms with van der Waals surface area (Å²) >= 11 is 4.68. The number of halogens is 1. The van der Waals surface area contributed by atoms with Crippen molar-refractivity contribution in [3.8, 4) is 0 Å². The Morgan fingerprint density at radius 1 is 1.27 bits per heavy atom. The van der Waals surface area contributed by atoms with Crippen molar-refractivity contribution in [2.24, 2.45) is 14.1 Å². The molecule has 2 N–H and O–H groups in total. The number of aryl methyl sites for hydroxylation is 1. The molecule has 1 amide bonds. The summed E-state index contributed by atoms with van der Waals surface area (Å²) in [5, 5.41) is 12.8. The molecule has 0 radical (unpaired) electrons. The lowest BCUT2D eigenvalue weighted by atomic mass is 10.1. The number of hydrogen-bond donors (Lipinski definition) is 2. The Bertz CT molecular complexity index is 1310. The van der Waals surface area contributed by atoms with Crippen LogP contribution in [-0.2, 0) is 25.4 Å². The van der Waals surface area contributed by atoms with Crippen LogP contribution in [0.2, 0.25) is 0 Å². The molecular weight excluding hydrogens is 510 g/mol. The van der Waals surface area contributed by atoms with Crippen LogP contribution in [0, 0.1) is 0 Å². The van der Waals surface area contributed by atoms with Crippen LogP contribution in [-0.4, -0.2) is 47.1 Å². The lowest BCUT2D eigenvalue weighted by Crippen LogP contribution is -2.46. The van der Waals surface area contributed by atoms with Crippen LogP contribution in [0.5, 0.6) is 0 Å². The second-order valence-electron chi connectivity index (χ2n) is 8.36. The number of imidazole rings is 1. The Labute approximate surface area is 204 Å². The molecular formula is C22H28BrN5O4S. The molecule has 1 aromatic carbocycles. The SMILES string of the molecule is CCC(CO)NC(=O)C(C)(C)Sc1nc2c(c(=O)n(C)c(=O)n2C)n1Cc1cccc(Br)c1. The van der Waals surface area contributed by atoms with Gasteiger partial charge in [-0.25, -0.2) is 9.78 Å². The van der Waals surface area contributed by atoms with Crippen LogP contribution in [0.4, 0.5) is 0 Å². The normalized spacial score (nSPS) is 12.8. The van der Waals surface area contributed by atoms with E-state index in [-0.39, 0.29) is 24.2 Å². The van der Waals surface area contributed by atoms with E-state index >= 15 is 0 Å². The van der Waals surface area contributed by atoms with E-state index in [1.54, 1.807) is 25.5 Å². The lowest BCUT2D eigenvalue weighted by Gasteiger charge is -2.25. The van der Waals surface area contributed by atoms with E-state index in [4.69, 9.17) is 0 Å². The highest BCUT2D eigenvalue weighted by Gasteiger charge is 2.33. The molecule has 0 aliphatic carbocycles. The molecule has 9 nitrogen and oxygen atoms in total. The van der Waals surface area contributed by atoms with Crippen LogP contribution in [0.15, 0.2) is 43.5 Å². The van der Waals surface area contributed by atoms with Gasteiger partial charge in [-0.15, -0.1) is 0 Å². The first-order valence-electron chi connectivity index (χ1n) is 10.5. The van der Waals surface area contributed by atoms with Gasteiger partial charge in [0.25, 0.3) is 5.56 Å². The summed E-state index contributed by atoms with van der Waals surface area (Å²) in [4.78, 5) is 43.1. The smallest absolute Gasteiger partial charge is 0.332 e. The molecule has 0 saturated heterocycles. The highest BCUT2D eigenvalue weighted by Crippen LogP contribution is 2.34. The van der Waals surface area contributed by atoms with E-state index in [1.165, 1.54) is 23.4 Å². The summed E-state index contributed by atoms with van der Waals surface area (Å²) in [7, 11) is 3.00. The Hall–Kier alpha value is -2.37. The van der Waals surface area contributed by atoms with Crippen molar-refractivity contribution in [3.05, 3.63) is 55.1 Å². The number of amides is 1. The molecule has 0 bridgehead atoms. The summed E-state index contributed by atoms with van der Waals surface area (Å²) in [6, 6.07) is 7.34. The fourth-order valence-electron chi connectivity index (χ4n) is 3.38. The van der Waals surface area contributed by atoms with Gasteiger partial charge in [0, 0.05) is 18.6 Å². The van der Waals surface area contributed by atoms with E-state index < -0.39 is 16.0 Å². The zero-order valence-electron chi connectivity index (χ0n) is 19.3. The minimum atomic E-state index is -0.955. The van der Waals surface area contributed by atoms with Crippen molar-refractivity contribution in [3.63, 3.8) is 0 Å². The van der Waals surface area contributed by atoms with Gasteiger partial charge in [0.15, 0.2) is 16.3 Å². The van der Waals surface area contributed by atoms with Crippen molar-refractivity contribution in [1.82, 2.24) is 24.0 Å². The van der Waals surface area contributed by atoms with Gasteiger partial charge in [0.1, 0.15) is 0 Å². The van der Waals surface area contributed by atoms with Crippen LogP contribution < -0.4 is 16.6 Å². The summed E-state index contributed by atoms with van der Waals surface area (Å²) in [6.45, 7) is 5.59. The quantitative estimate of drug-likeness (QED) is 0.425. The molecule has 2 heterocycles. The average molecular weight is 538 g/mol. The van der Waals surface area contributed by atoms with Gasteiger partial charge in [0.05, 0.1) is 23.9 Å². The number of aromatic nitrogens is 4. The number of thioether (sulfide) groups is 1. The maximum absolute atomic E-state index is 13.1. The van der Waals surface area contributed by atoms with Crippen LogP contribution >= 0.6 is 27.7 Å². The van der Waals surface area contributed by atoms with Crippen LogP contribution in [0.3, 0.4) is 0 Å². The molecule has 1 unspecified atom stereocenters. The number of nitrogens with one attached hydrogen (secondary N) is 1. The van der Waals surface area contributed by atoms with Crippen molar-refractivity contribution in [1.29, 1.82) is 0 Å². The maximum atomic E-state index is 13.1. The molecule has 3 rings (SSSR count). The van der Waals surface area contributed by atoms with Gasteiger partial charge in [0.2, 0.25) is 5.91 Å². The zero-order valence-corrected chi connectivity index (χ0v) is 21.7. The number of aliphatic hydroxyl groups is 1. The molecule has 3 aromatic rings. The number of aliphatic hydroxyl groups excluding tert-OH is 1. The predicted octanol–water partition coefficient (Wildman–Crippen LogP) is 2.00. The van der Waals surface area contributed by atoms with Gasteiger partial charge < -0.3 is 15.0 Å². The summed E-state index contributed by atoms with van der Waals surface area (Å²) in [5.74, 6) is -0.253. The Morgan fingerprint density at radius 3 is 2.58 bits per heavy atom. The third-order valence-electron chi connectivity index (χ3n) is 5.48. The fraction of sp³-hybridized carbons (Fsp3) is 0.455. The molecule has 0 spiro atoms. The third-order valence-corrected chi connectivity index (χ3v) is 7.17. The first kappa shape index (κ1) is 25.3. The maximum Gasteiger partial charge on any atom is 0.332 e. The summed E-state index contributed by atoms with van der Waals surface area (Å²) < 4.78 is 4.09. The lowest BCUT2D eigenvalue weighted by molar-refractivity contribution is -0.123. The van der Waals surface area contributed by atoms with E-state index in [0.717, 1.165) is 14.6 Å². The monoisotopic (exact) mass is 537 g/mol. The number of nitrogens with zero attached hydrogens (tertiary/aromatic N) is 4. The number of rotatable bonds is 8. The van der Waals surface area contributed by atoms with E-state index in [2.05, 4.69) is 26.2 Å². The fourth-order valence-corrected chi connectivity index (χ4v) is 4.83. The van der Waals surface area contributed by atoms with Crippen molar-refractivity contribution >= 4 is 44.8 Å². The van der Waals surface area contributed by atoms with E-state index in [1.807, 2.05) is 31.2 Å². The first-order chi connectivity index (χ1) is 15.5. The number of fused-ring (bicyclic) bond motifs is 1. The third kappa shape index (κ3) is 5.10. The zero-order chi connectivity index (χ0) is 24.5. The average Bonchev–Trinajstić information content (AvgIpc) is 3.11. The van der Waals surface area contributed by atoms with E-state index in [9.17, 15) is 19.5 Å². The molecule has 178 valence electrons. The molecule has 0 aliphatic heterocycles. The standard InChI is InChI=1S/C22H28BrN5O4S/c1-6-15(12-29)24-19(31)22(2,3)33-20-25-17-16(18(30)27(5)21(32)26(17)4)28(20)11-13-8-7-9-14(23)10-13/h7-10,15,29H,6,11-12H2,1-5H3,(H,24,31). The second-order valence-corrected chi connectivity index (χ2v) is 10.9. The van der Waals surface area contributed by atoms with Crippen molar-refractivity contribution < 1.29 is 9.90 Å². The Balaban J connectivity index is 2.15. The topological polar surface area (TPSA) is 111 Å². The molecule has 2 aromatic heterocycles. The van der Waals surface area contributed by atoms with Crippen molar-refractivity contribution in [2.75, 3.05) is 6.61 Å². The Kier molecular flexibility index (Phi) is 7.55. The highest BCUT2D eigenvalue weighted by atomic mass is 79.9. The van der Waals surface area contributed by atoms with Gasteiger partial charge in [-0.3, -0.25) is 18.7 Å². The number of carbonyl (C=O) groups is 1. The highest BCUT2D eigenvalue weighted by molar-refractivity contribution is 9.10. The second kappa shape index (κ2) is 9.86. The molecule has 0 fully saturated rings. The minimum Gasteiger partial charge on any atom is -0.394 e. The van der Waals surface area contributed by atoms with Gasteiger partial charge >= 0.3 is 5.69 Å². The number of hydrogen-bond acceptors (Lipinski definition) is 6. The van der Waals surface area contributed by atoms with E-state index in [0.29, 0.717) is 23.6 Å². The van der Waals surface area contributed by atoms with Crippen molar-refractivity contribution in [2.45, 2.75) is 49.7 Å². The largest absolute Gasteiger partial charge is 0.394 e. The Morgan fingerprint density at radius 2 is 1.97 bits per heavy atom. The minimum absolute atomic E-state index is 0.150. The molecule has 11 heteroatoms. The number of carbonyl (C=O) groups excluding carboxylic acids is 1. The van der Waals surface area contributed by atoms with Gasteiger partial charge in [-0.2, -0.15) is 0 Å². The van der Waals surface area contributed by atoms with Gasteiger partial charge in [-0.05, 0) is 38.0 Å². The van der Waals surface area contributed by atoms with Gasteiger partial charge in [-0.1, -0.05) is 46.7 Å². The molecule has 33 heavy (non-hydrogen) atoms. The van der Waals surface area contributed by atoms with Crippen LogP contribution in [0.1, 0.15) is 32.8 Å². The summed E-state index contributed by atoms with van der Waals surface area (Å²) in [5.41, 5.74) is 0.562. The predicted molar refractivity (Wildman–Crippen MR) is 133 cm³/mol. The number of benzene rings is 1. The first-order valence-corrected chi connectivity index (χ1v) is 12.1.